The van der Waals surface area contributed by atoms with Crippen LogP contribution in [0.2, 0.25) is 0 Å². The van der Waals surface area contributed by atoms with Gasteiger partial charge in [0.2, 0.25) is 5.75 Å². The van der Waals surface area contributed by atoms with Gasteiger partial charge in [0, 0.05) is 22.7 Å². The molecule has 0 aliphatic heterocycles. The normalized spacial score (nSPS) is 10.1. The lowest BCUT2D eigenvalue weighted by molar-refractivity contribution is -0.385. The molecule has 0 aliphatic rings. The van der Waals surface area contributed by atoms with E-state index >= 15 is 0 Å². The number of phenolic OH excluding ortho intramolecular Hbond substituents is 1. The van der Waals surface area contributed by atoms with Crippen molar-refractivity contribution in [1.82, 2.24) is 0 Å². The van der Waals surface area contributed by atoms with Gasteiger partial charge in [-0.15, -0.1) is 0 Å². The van der Waals surface area contributed by atoms with Crippen LogP contribution in [0, 0.1) is 10.1 Å². The first-order chi connectivity index (χ1) is 8.56. The molecule has 2 aromatic carbocycles. The second-order valence-corrected chi connectivity index (χ2v) is 4.38. The lowest BCUT2D eigenvalue weighted by atomic mass is 10.3. The van der Waals surface area contributed by atoms with Gasteiger partial charge in [-0.1, -0.05) is 22.0 Å². The van der Waals surface area contributed by atoms with E-state index in [1.165, 1.54) is 24.3 Å². The highest BCUT2D eigenvalue weighted by molar-refractivity contribution is 9.10. The summed E-state index contributed by atoms with van der Waals surface area (Å²) in [6.45, 7) is 0. The zero-order valence-corrected chi connectivity index (χ0v) is 10.6. The third-order valence-corrected chi connectivity index (χ3v) is 2.66. The summed E-state index contributed by atoms with van der Waals surface area (Å²) < 4.78 is 6.07. The SMILES string of the molecule is O=[N+]([O-])c1ccc(Br)cc1Oc1cccc(O)c1. The van der Waals surface area contributed by atoms with Gasteiger partial charge in [-0.2, -0.15) is 0 Å². The molecule has 1 N–H and O–H groups in total. The van der Waals surface area contributed by atoms with Crippen LogP contribution in [0.15, 0.2) is 46.9 Å². The molecule has 0 aliphatic carbocycles. The van der Waals surface area contributed by atoms with Crippen molar-refractivity contribution >= 4 is 21.6 Å². The maximum Gasteiger partial charge on any atom is 0.311 e. The van der Waals surface area contributed by atoms with Crippen molar-refractivity contribution in [2.24, 2.45) is 0 Å². The number of nitrogens with zero attached hydrogens (tertiary/aromatic N) is 1. The topological polar surface area (TPSA) is 72.6 Å². The maximum atomic E-state index is 10.9. The molecule has 6 heteroatoms. The van der Waals surface area contributed by atoms with Crippen molar-refractivity contribution in [3.8, 4) is 17.2 Å². The predicted octanol–water partition coefficient (Wildman–Crippen LogP) is 3.86. The molecule has 0 atom stereocenters. The van der Waals surface area contributed by atoms with Gasteiger partial charge in [-0.25, -0.2) is 0 Å². The number of ether oxygens (including phenoxy) is 1. The van der Waals surface area contributed by atoms with E-state index < -0.39 is 4.92 Å². The van der Waals surface area contributed by atoms with Crippen molar-refractivity contribution in [1.29, 1.82) is 0 Å². The minimum absolute atomic E-state index is 0.0325. The van der Waals surface area contributed by atoms with Crippen LogP contribution in [0.25, 0.3) is 0 Å². The molecule has 0 unspecified atom stereocenters. The van der Waals surface area contributed by atoms with Crippen LogP contribution in [0.1, 0.15) is 0 Å². The fourth-order valence-corrected chi connectivity index (χ4v) is 1.73. The third kappa shape index (κ3) is 2.78. The fraction of sp³-hybridized carbons (Fsp3) is 0. The van der Waals surface area contributed by atoms with Crippen LogP contribution in [-0.4, -0.2) is 10.0 Å². The molecule has 0 amide bonds. The Bertz CT molecular complexity index is 600. The van der Waals surface area contributed by atoms with Crippen LogP contribution in [0.4, 0.5) is 5.69 Å². The van der Waals surface area contributed by atoms with E-state index in [0.717, 1.165) is 0 Å². The van der Waals surface area contributed by atoms with E-state index in [1.54, 1.807) is 18.2 Å². The molecular weight excluding hydrogens is 302 g/mol. The summed E-state index contributed by atoms with van der Waals surface area (Å²) in [7, 11) is 0. The Morgan fingerprint density at radius 2 is 2.00 bits per heavy atom. The van der Waals surface area contributed by atoms with E-state index in [2.05, 4.69) is 15.9 Å². The Labute approximate surface area is 111 Å². The number of benzene rings is 2. The lowest BCUT2D eigenvalue weighted by Crippen LogP contribution is -1.93. The number of phenols is 1. The average molecular weight is 310 g/mol. The fourth-order valence-electron chi connectivity index (χ4n) is 1.39. The van der Waals surface area contributed by atoms with Crippen LogP contribution in [0.3, 0.4) is 0 Å². The molecule has 0 radical (unpaired) electrons. The van der Waals surface area contributed by atoms with Gasteiger partial charge in [0.05, 0.1) is 4.92 Å². The number of hydrogen-bond donors (Lipinski definition) is 1. The van der Waals surface area contributed by atoms with Crippen molar-refractivity contribution in [2.75, 3.05) is 0 Å². The van der Waals surface area contributed by atoms with Crippen LogP contribution in [0.5, 0.6) is 17.2 Å². The average Bonchev–Trinajstić information content (AvgIpc) is 2.28. The monoisotopic (exact) mass is 309 g/mol. The van der Waals surface area contributed by atoms with E-state index in [1.807, 2.05) is 0 Å². The molecular formula is C12H8BrNO4. The molecule has 0 spiro atoms. The summed E-state index contributed by atoms with van der Waals surface area (Å²) in [6.07, 6.45) is 0. The molecule has 0 saturated carbocycles. The Kier molecular flexibility index (Phi) is 3.47. The summed E-state index contributed by atoms with van der Waals surface area (Å²) in [5.41, 5.74) is -0.137. The summed E-state index contributed by atoms with van der Waals surface area (Å²) in [5.74, 6) is 0.473. The predicted molar refractivity (Wildman–Crippen MR) is 69.0 cm³/mol. The van der Waals surface area contributed by atoms with Gasteiger partial charge in [-0.3, -0.25) is 10.1 Å². The van der Waals surface area contributed by atoms with Crippen LogP contribution < -0.4 is 4.74 Å². The highest BCUT2D eigenvalue weighted by Gasteiger charge is 2.16. The minimum Gasteiger partial charge on any atom is -0.508 e. The Morgan fingerprint density at radius 1 is 1.22 bits per heavy atom. The van der Waals surface area contributed by atoms with Crippen molar-refractivity contribution < 1.29 is 14.8 Å². The van der Waals surface area contributed by atoms with E-state index in [4.69, 9.17) is 4.74 Å². The first-order valence-corrected chi connectivity index (χ1v) is 5.76. The van der Waals surface area contributed by atoms with E-state index in [-0.39, 0.29) is 17.2 Å². The molecule has 0 bridgehead atoms. The lowest BCUT2D eigenvalue weighted by Gasteiger charge is -2.06. The smallest absolute Gasteiger partial charge is 0.311 e. The molecule has 0 fully saturated rings. The second-order valence-electron chi connectivity index (χ2n) is 3.47. The molecule has 18 heavy (non-hydrogen) atoms. The van der Waals surface area contributed by atoms with Crippen molar-refractivity contribution in [3.05, 3.63) is 57.1 Å². The molecule has 0 aromatic heterocycles. The molecule has 92 valence electrons. The maximum absolute atomic E-state index is 10.9. The number of halogens is 1. The zero-order valence-electron chi connectivity index (χ0n) is 9.04. The van der Waals surface area contributed by atoms with E-state index in [9.17, 15) is 15.2 Å². The van der Waals surface area contributed by atoms with Gasteiger partial charge >= 0.3 is 5.69 Å². The Balaban J connectivity index is 2.39. The number of hydrogen-bond acceptors (Lipinski definition) is 4. The number of rotatable bonds is 3. The molecule has 0 heterocycles. The largest absolute Gasteiger partial charge is 0.508 e. The zero-order chi connectivity index (χ0) is 13.1. The summed E-state index contributed by atoms with van der Waals surface area (Å²) in [4.78, 5) is 10.3. The van der Waals surface area contributed by atoms with Crippen LogP contribution >= 0.6 is 15.9 Å². The second kappa shape index (κ2) is 5.05. The van der Waals surface area contributed by atoms with Crippen molar-refractivity contribution in [2.45, 2.75) is 0 Å². The first-order valence-electron chi connectivity index (χ1n) is 4.97. The highest BCUT2D eigenvalue weighted by atomic mass is 79.9. The van der Waals surface area contributed by atoms with E-state index in [0.29, 0.717) is 10.2 Å². The Morgan fingerprint density at radius 3 is 2.67 bits per heavy atom. The number of nitro groups is 1. The standard InChI is InChI=1S/C12H8BrNO4/c13-8-4-5-11(14(16)17)12(6-8)18-10-3-1-2-9(15)7-10/h1-7,15H. The van der Waals surface area contributed by atoms with Gasteiger partial charge in [0.1, 0.15) is 11.5 Å². The van der Waals surface area contributed by atoms with Gasteiger partial charge in [0.15, 0.2) is 0 Å². The third-order valence-electron chi connectivity index (χ3n) is 2.16. The molecule has 5 nitrogen and oxygen atoms in total. The Hall–Kier alpha value is -2.08. The van der Waals surface area contributed by atoms with Crippen LogP contribution in [-0.2, 0) is 0 Å². The first kappa shape index (κ1) is 12.4. The number of aromatic hydroxyl groups is 1. The van der Waals surface area contributed by atoms with Gasteiger partial charge in [0.25, 0.3) is 0 Å². The summed E-state index contributed by atoms with van der Waals surface area (Å²) in [6, 6.07) is 10.5. The quantitative estimate of drug-likeness (QED) is 0.690. The molecule has 2 rings (SSSR count). The number of nitro benzene ring substituents is 1. The van der Waals surface area contributed by atoms with Gasteiger partial charge in [-0.05, 0) is 18.2 Å². The highest BCUT2D eigenvalue weighted by Crippen LogP contribution is 2.34. The van der Waals surface area contributed by atoms with Crippen molar-refractivity contribution in [3.63, 3.8) is 0 Å². The minimum atomic E-state index is -0.523. The molecule has 2 aromatic rings. The van der Waals surface area contributed by atoms with Gasteiger partial charge < -0.3 is 9.84 Å². The summed E-state index contributed by atoms with van der Waals surface area (Å²) >= 11 is 3.22. The molecule has 0 saturated heterocycles. The summed E-state index contributed by atoms with van der Waals surface area (Å²) in [5, 5.41) is 20.2.